The maximum Gasteiger partial charge on any atom is 0.0850 e. The van der Waals surface area contributed by atoms with Gasteiger partial charge in [0.05, 0.1) is 18.0 Å². The van der Waals surface area contributed by atoms with Crippen molar-refractivity contribution in [2.75, 3.05) is 40.3 Å². The fourth-order valence-electron chi connectivity index (χ4n) is 2.69. The fraction of sp³-hybridized carbons (Fsp3) is 0.429. The number of hydrogen-bond donors (Lipinski definition) is 2. The van der Waals surface area contributed by atoms with Crippen LogP contribution < -0.4 is 10.6 Å². The van der Waals surface area contributed by atoms with Crippen LogP contribution in [-0.4, -0.2) is 29.7 Å². The van der Waals surface area contributed by atoms with E-state index in [0.29, 0.717) is 0 Å². The summed E-state index contributed by atoms with van der Waals surface area (Å²) in [5, 5.41) is 7.33. The highest BCUT2D eigenvalue weighted by Crippen LogP contribution is 2.38. The molecule has 2 N–H and O–H groups in total. The van der Waals surface area contributed by atoms with Crippen LogP contribution in [0.1, 0.15) is 27.7 Å². The topological polar surface area (TPSA) is 24.1 Å². The van der Waals surface area contributed by atoms with Gasteiger partial charge in [-0.15, -0.1) is 47.0 Å². The molecule has 0 aromatic heterocycles. The molecule has 0 bridgehead atoms. The molecule has 0 heterocycles. The Hall–Kier alpha value is -0.560. The van der Waals surface area contributed by atoms with Gasteiger partial charge in [0.15, 0.2) is 0 Å². The number of nitrogens with one attached hydrogen (secondary N) is 2. The van der Waals surface area contributed by atoms with Gasteiger partial charge in [-0.2, -0.15) is 0 Å². The minimum Gasteiger partial charge on any atom is -0.366 e. The standard InChI is InChI=1S/C21H30N2S4/c1-5-24-16-11-9-12-17(25-6-2)20(16)22-15-23-21-18(26-7-3)13-10-14-19(21)27-8-4/h9-14,22-23H,5-8,15H2,1-4H3. The maximum atomic E-state index is 3.67. The van der Waals surface area contributed by atoms with Crippen molar-refractivity contribution in [3.8, 4) is 0 Å². The molecule has 6 heteroatoms. The van der Waals surface area contributed by atoms with Crippen LogP contribution in [0.25, 0.3) is 0 Å². The van der Waals surface area contributed by atoms with Crippen LogP contribution in [0.2, 0.25) is 0 Å². The zero-order valence-corrected chi connectivity index (χ0v) is 19.9. The highest BCUT2D eigenvalue weighted by Gasteiger charge is 2.11. The predicted molar refractivity (Wildman–Crippen MR) is 131 cm³/mol. The third-order valence-electron chi connectivity index (χ3n) is 3.71. The average Bonchev–Trinajstić information content (AvgIpc) is 2.66. The molecule has 0 aliphatic rings. The normalized spacial score (nSPS) is 10.8. The molecule has 0 saturated carbocycles. The highest BCUT2D eigenvalue weighted by molar-refractivity contribution is 8.00. The van der Waals surface area contributed by atoms with Gasteiger partial charge in [0, 0.05) is 19.6 Å². The summed E-state index contributed by atoms with van der Waals surface area (Å²) >= 11 is 7.60. The van der Waals surface area contributed by atoms with Crippen molar-refractivity contribution >= 4 is 58.4 Å². The summed E-state index contributed by atoms with van der Waals surface area (Å²) in [6, 6.07) is 13.2. The highest BCUT2D eigenvalue weighted by atomic mass is 32.2. The van der Waals surface area contributed by atoms with Gasteiger partial charge < -0.3 is 10.6 Å². The predicted octanol–water partition coefficient (Wildman–Crippen LogP) is 7.62. The quantitative estimate of drug-likeness (QED) is 0.261. The number of rotatable bonds is 12. The number of para-hydroxylation sites is 2. The van der Waals surface area contributed by atoms with E-state index in [1.54, 1.807) is 0 Å². The van der Waals surface area contributed by atoms with Gasteiger partial charge in [-0.25, -0.2) is 0 Å². The molecule has 148 valence electrons. The van der Waals surface area contributed by atoms with Crippen LogP contribution >= 0.6 is 47.0 Å². The Morgan fingerprint density at radius 1 is 0.556 bits per heavy atom. The summed E-state index contributed by atoms with van der Waals surface area (Å²) in [6.45, 7) is 9.55. The monoisotopic (exact) mass is 438 g/mol. The first-order valence-corrected chi connectivity index (χ1v) is 13.4. The molecule has 0 amide bonds. The van der Waals surface area contributed by atoms with E-state index in [2.05, 4.69) is 74.7 Å². The third kappa shape index (κ3) is 6.77. The van der Waals surface area contributed by atoms with Crippen molar-refractivity contribution in [1.82, 2.24) is 0 Å². The number of thioether (sulfide) groups is 4. The van der Waals surface area contributed by atoms with Gasteiger partial charge in [-0.1, -0.05) is 39.8 Å². The van der Waals surface area contributed by atoms with Crippen molar-refractivity contribution in [3.63, 3.8) is 0 Å². The van der Waals surface area contributed by atoms with Gasteiger partial charge in [0.2, 0.25) is 0 Å². The zero-order valence-electron chi connectivity index (χ0n) is 16.6. The molecule has 0 unspecified atom stereocenters. The summed E-state index contributed by atoms with van der Waals surface area (Å²) in [5.41, 5.74) is 2.52. The van der Waals surface area contributed by atoms with Crippen molar-refractivity contribution in [3.05, 3.63) is 36.4 Å². The van der Waals surface area contributed by atoms with E-state index in [1.807, 2.05) is 47.0 Å². The van der Waals surface area contributed by atoms with E-state index in [-0.39, 0.29) is 0 Å². The summed E-state index contributed by atoms with van der Waals surface area (Å²) in [6.07, 6.45) is 0. The Bertz CT molecular complexity index is 599. The first-order valence-electron chi connectivity index (χ1n) is 9.49. The molecular formula is C21H30N2S4. The summed E-state index contributed by atoms with van der Waals surface area (Å²) in [4.78, 5) is 5.32. The van der Waals surface area contributed by atoms with Gasteiger partial charge >= 0.3 is 0 Å². The molecule has 2 aromatic carbocycles. The smallest absolute Gasteiger partial charge is 0.0850 e. The number of hydrogen-bond acceptors (Lipinski definition) is 6. The second-order valence-electron chi connectivity index (χ2n) is 5.52. The molecule has 0 aliphatic heterocycles. The second kappa shape index (κ2) is 12.8. The molecule has 0 saturated heterocycles. The fourth-order valence-corrected chi connectivity index (χ4v) is 6.07. The Balaban J connectivity index is 2.18. The lowest BCUT2D eigenvalue weighted by molar-refractivity contribution is 1.13. The van der Waals surface area contributed by atoms with Crippen molar-refractivity contribution < 1.29 is 0 Å². The van der Waals surface area contributed by atoms with Crippen LogP contribution in [-0.2, 0) is 0 Å². The van der Waals surface area contributed by atoms with E-state index in [0.717, 1.165) is 29.7 Å². The largest absolute Gasteiger partial charge is 0.366 e. The molecule has 27 heavy (non-hydrogen) atoms. The van der Waals surface area contributed by atoms with Crippen LogP contribution in [0.3, 0.4) is 0 Å². The minimum atomic E-state index is 0.719. The van der Waals surface area contributed by atoms with Gasteiger partial charge in [0.25, 0.3) is 0 Å². The van der Waals surface area contributed by atoms with Crippen LogP contribution in [0.5, 0.6) is 0 Å². The van der Waals surface area contributed by atoms with Crippen LogP contribution in [0.15, 0.2) is 56.0 Å². The van der Waals surface area contributed by atoms with E-state index in [9.17, 15) is 0 Å². The number of benzene rings is 2. The van der Waals surface area contributed by atoms with E-state index >= 15 is 0 Å². The Morgan fingerprint density at radius 2 is 0.852 bits per heavy atom. The molecule has 0 aliphatic carbocycles. The minimum absolute atomic E-state index is 0.719. The Labute approximate surface area is 181 Å². The first-order chi connectivity index (χ1) is 13.2. The van der Waals surface area contributed by atoms with Crippen molar-refractivity contribution in [1.29, 1.82) is 0 Å². The lowest BCUT2D eigenvalue weighted by atomic mass is 10.3. The SMILES string of the molecule is CCSc1cccc(SCC)c1NCNc1c(SCC)cccc1SCC. The molecule has 2 rings (SSSR count). The first kappa shape index (κ1) is 22.7. The summed E-state index contributed by atoms with van der Waals surface area (Å²) in [7, 11) is 0. The molecule has 0 radical (unpaired) electrons. The van der Waals surface area contributed by atoms with E-state index in [1.165, 1.54) is 31.0 Å². The lowest BCUT2D eigenvalue weighted by Gasteiger charge is -2.19. The molecule has 0 atom stereocenters. The molecule has 2 nitrogen and oxygen atoms in total. The van der Waals surface area contributed by atoms with Crippen molar-refractivity contribution in [2.45, 2.75) is 47.3 Å². The average molecular weight is 439 g/mol. The maximum absolute atomic E-state index is 3.67. The third-order valence-corrected chi connectivity index (χ3v) is 7.47. The Kier molecular flexibility index (Phi) is 10.8. The van der Waals surface area contributed by atoms with Gasteiger partial charge in [-0.3, -0.25) is 0 Å². The van der Waals surface area contributed by atoms with Crippen molar-refractivity contribution in [2.24, 2.45) is 0 Å². The van der Waals surface area contributed by atoms with E-state index < -0.39 is 0 Å². The second-order valence-corrected chi connectivity index (χ2v) is 10.7. The molecule has 0 spiro atoms. The summed E-state index contributed by atoms with van der Waals surface area (Å²) in [5.74, 6) is 4.32. The van der Waals surface area contributed by atoms with Gasteiger partial charge in [-0.05, 0) is 47.3 Å². The number of anilines is 2. The van der Waals surface area contributed by atoms with Crippen LogP contribution in [0.4, 0.5) is 11.4 Å². The Morgan fingerprint density at radius 3 is 1.11 bits per heavy atom. The van der Waals surface area contributed by atoms with Crippen LogP contribution in [0, 0.1) is 0 Å². The zero-order chi connectivity index (χ0) is 19.5. The molecular weight excluding hydrogens is 409 g/mol. The molecule has 0 fully saturated rings. The van der Waals surface area contributed by atoms with E-state index in [4.69, 9.17) is 0 Å². The van der Waals surface area contributed by atoms with Gasteiger partial charge in [0.1, 0.15) is 0 Å². The molecule has 2 aromatic rings. The summed E-state index contributed by atoms with van der Waals surface area (Å²) < 4.78 is 0. The lowest BCUT2D eigenvalue weighted by Crippen LogP contribution is -2.14.